The lowest BCUT2D eigenvalue weighted by molar-refractivity contribution is 0.0664. The summed E-state index contributed by atoms with van der Waals surface area (Å²) >= 11 is 0. The summed E-state index contributed by atoms with van der Waals surface area (Å²) in [5.74, 6) is -0.745. The third-order valence-corrected chi connectivity index (χ3v) is 5.30. The van der Waals surface area contributed by atoms with Crippen LogP contribution in [-0.4, -0.2) is 60.0 Å². The summed E-state index contributed by atoms with van der Waals surface area (Å²) in [7, 11) is 2.05. The Morgan fingerprint density at radius 2 is 1.81 bits per heavy atom. The van der Waals surface area contributed by atoms with E-state index in [2.05, 4.69) is 15.4 Å². The van der Waals surface area contributed by atoms with Gasteiger partial charge in [-0.15, -0.1) is 0 Å². The van der Waals surface area contributed by atoms with Gasteiger partial charge in [-0.1, -0.05) is 29.4 Å². The maximum absolute atomic E-state index is 13.4. The van der Waals surface area contributed by atoms with E-state index in [1.807, 2.05) is 24.1 Å². The van der Waals surface area contributed by atoms with Crippen molar-refractivity contribution in [1.82, 2.24) is 20.3 Å². The van der Waals surface area contributed by atoms with Gasteiger partial charge in [-0.25, -0.2) is 4.39 Å². The molecule has 0 spiro atoms. The molecular formula is C23H23FN4O3. The summed E-state index contributed by atoms with van der Waals surface area (Å²) in [6.07, 6.45) is 0. The molecule has 31 heavy (non-hydrogen) atoms. The topological polar surface area (TPSA) is 78.7 Å². The van der Waals surface area contributed by atoms with Crippen LogP contribution >= 0.6 is 0 Å². The molecule has 0 unspecified atom stereocenters. The molecule has 1 N–H and O–H groups in total. The van der Waals surface area contributed by atoms with Crippen molar-refractivity contribution in [2.75, 3.05) is 33.2 Å². The van der Waals surface area contributed by atoms with Crippen LogP contribution in [0.25, 0.3) is 11.3 Å². The van der Waals surface area contributed by atoms with Gasteiger partial charge in [0.2, 0.25) is 5.76 Å². The Labute approximate surface area is 179 Å². The van der Waals surface area contributed by atoms with Gasteiger partial charge < -0.3 is 19.6 Å². The van der Waals surface area contributed by atoms with Crippen LogP contribution in [0.5, 0.6) is 0 Å². The number of amides is 2. The molecule has 160 valence electrons. The van der Waals surface area contributed by atoms with E-state index in [0.29, 0.717) is 16.8 Å². The zero-order chi connectivity index (χ0) is 21.8. The molecule has 0 saturated carbocycles. The Morgan fingerprint density at radius 1 is 1.06 bits per heavy atom. The molecule has 0 bridgehead atoms. The number of carbonyl (C=O) groups excluding carboxylic acids is 2. The molecule has 4 rings (SSSR count). The number of nitrogens with one attached hydrogen (secondary N) is 1. The smallest absolute Gasteiger partial charge is 0.290 e. The number of halogens is 1. The molecule has 8 heteroatoms. The van der Waals surface area contributed by atoms with Gasteiger partial charge in [0.25, 0.3) is 11.8 Å². The maximum Gasteiger partial charge on any atom is 0.290 e. The van der Waals surface area contributed by atoms with Crippen LogP contribution < -0.4 is 5.32 Å². The Hall–Kier alpha value is -3.52. The van der Waals surface area contributed by atoms with E-state index in [0.717, 1.165) is 31.7 Å². The quantitative estimate of drug-likeness (QED) is 0.684. The van der Waals surface area contributed by atoms with Gasteiger partial charge in [-0.05, 0) is 36.9 Å². The number of carbonyl (C=O) groups is 2. The lowest BCUT2D eigenvalue weighted by Crippen LogP contribution is -2.47. The zero-order valence-electron chi connectivity index (χ0n) is 17.2. The number of hydrogen-bond donors (Lipinski definition) is 1. The van der Waals surface area contributed by atoms with E-state index < -0.39 is 5.91 Å². The van der Waals surface area contributed by atoms with Crippen molar-refractivity contribution in [3.63, 3.8) is 0 Å². The van der Waals surface area contributed by atoms with Crippen LogP contribution in [0, 0.1) is 5.82 Å². The zero-order valence-corrected chi connectivity index (χ0v) is 17.2. The number of aromatic nitrogens is 1. The highest BCUT2D eigenvalue weighted by molar-refractivity contribution is 5.94. The van der Waals surface area contributed by atoms with E-state index in [4.69, 9.17) is 4.52 Å². The van der Waals surface area contributed by atoms with Crippen LogP contribution in [0.4, 0.5) is 4.39 Å². The molecule has 7 nitrogen and oxygen atoms in total. The summed E-state index contributed by atoms with van der Waals surface area (Å²) in [4.78, 5) is 29.0. The van der Waals surface area contributed by atoms with Gasteiger partial charge in [-0.3, -0.25) is 9.59 Å². The monoisotopic (exact) mass is 422 g/mol. The van der Waals surface area contributed by atoms with Crippen molar-refractivity contribution in [2.24, 2.45) is 0 Å². The van der Waals surface area contributed by atoms with Gasteiger partial charge in [-0.2, -0.15) is 0 Å². The average molecular weight is 422 g/mol. The Bertz CT molecular complexity index is 1070. The molecule has 2 aromatic carbocycles. The van der Waals surface area contributed by atoms with Crippen LogP contribution in [0.1, 0.15) is 26.5 Å². The van der Waals surface area contributed by atoms with Crippen LogP contribution in [-0.2, 0) is 6.54 Å². The maximum atomic E-state index is 13.4. The second-order valence-corrected chi connectivity index (χ2v) is 7.56. The number of likely N-dealkylation sites (N-methyl/N-ethyl adjacent to an activating group) is 1. The fourth-order valence-electron chi connectivity index (χ4n) is 3.39. The number of hydrogen-bond acceptors (Lipinski definition) is 5. The highest BCUT2D eigenvalue weighted by Gasteiger charge is 2.20. The molecule has 0 atom stereocenters. The van der Waals surface area contributed by atoms with E-state index in [1.54, 1.807) is 24.3 Å². The normalized spacial score (nSPS) is 14.5. The largest absolute Gasteiger partial charge is 0.350 e. The molecule has 0 aliphatic carbocycles. The molecule has 1 fully saturated rings. The van der Waals surface area contributed by atoms with Gasteiger partial charge in [0.05, 0.1) is 0 Å². The molecule has 1 aliphatic rings. The summed E-state index contributed by atoms with van der Waals surface area (Å²) in [6.45, 7) is 3.47. The van der Waals surface area contributed by atoms with Crippen molar-refractivity contribution in [1.29, 1.82) is 0 Å². The van der Waals surface area contributed by atoms with E-state index >= 15 is 0 Å². The minimum absolute atomic E-state index is 0.0234. The average Bonchev–Trinajstić information content (AvgIpc) is 3.28. The first-order valence-electron chi connectivity index (χ1n) is 10.1. The third kappa shape index (κ3) is 4.97. The lowest BCUT2D eigenvalue weighted by Gasteiger charge is -2.32. The van der Waals surface area contributed by atoms with Crippen molar-refractivity contribution in [3.05, 3.63) is 77.3 Å². The van der Waals surface area contributed by atoms with Crippen molar-refractivity contribution in [2.45, 2.75) is 6.54 Å². The molecule has 3 aromatic rings. The summed E-state index contributed by atoms with van der Waals surface area (Å²) in [6, 6.07) is 14.6. The van der Waals surface area contributed by atoms with Gasteiger partial charge in [0, 0.05) is 49.9 Å². The Kier molecular flexibility index (Phi) is 6.08. The molecule has 1 aliphatic heterocycles. The first-order chi connectivity index (χ1) is 15.0. The second kappa shape index (κ2) is 9.09. The predicted octanol–water partition coefficient (Wildman–Crippen LogP) is 2.80. The minimum Gasteiger partial charge on any atom is -0.350 e. The second-order valence-electron chi connectivity index (χ2n) is 7.56. The minimum atomic E-state index is -0.423. The van der Waals surface area contributed by atoms with Gasteiger partial charge >= 0.3 is 0 Å². The van der Waals surface area contributed by atoms with E-state index in [9.17, 15) is 14.0 Å². The van der Waals surface area contributed by atoms with Gasteiger partial charge in [0.15, 0.2) is 0 Å². The van der Waals surface area contributed by atoms with Crippen molar-refractivity contribution >= 4 is 11.8 Å². The summed E-state index contributed by atoms with van der Waals surface area (Å²) < 4.78 is 18.5. The molecular weight excluding hydrogens is 399 g/mol. The number of rotatable bonds is 5. The molecule has 0 radical (unpaired) electrons. The number of nitrogens with zero attached hydrogens (tertiary/aromatic N) is 3. The van der Waals surface area contributed by atoms with E-state index in [1.165, 1.54) is 18.2 Å². The third-order valence-electron chi connectivity index (χ3n) is 5.30. The highest BCUT2D eigenvalue weighted by Crippen LogP contribution is 2.20. The number of piperazine rings is 1. The molecule has 1 aromatic heterocycles. The number of benzene rings is 2. The van der Waals surface area contributed by atoms with Crippen LogP contribution in [0.2, 0.25) is 0 Å². The standard InChI is InChI=1S/C23H23FN4O3/c1-27-9-11-28(12-10-27)23(30)17-7-5-16(6-8-17)15-25-22(29)21-14-20(26-31-21)18-3-2-4-19(24)13-18/h2-8,13-14H,9-12,15H2,1H3,(H,25,29). The van der Waals surface area contributed by atoms with E-state index in [-0.39, 0.29) is 24.0 Å². The Morgan fingerprint density at radius 3 is 2.52 bits per heavy atom. The van der Waals surface area contributed by atoms with Crippen LogP contribution in [0.3, 0.4) is 0 Å². The molecule has 2 heterocycles. The first-order valence-corrected chi connectivity index (χ1v) is 10.1. The predicted molar refractivity (Wildman–Crippen MR) is 113 cm³/mol. The first kappa shape index (κ1) is 20.7. The van der Waals surface area contributed by atoms with Crippen molar-refractivity contribution in [3.8, 4) is 11.3 Å². The Balaban J connectivity index is 1.33. The highest BCUT2D eigenvalue weighted by atomic mass is 19.1. The summed E-state index contributed by atoms with van der Waals surface area (Å²) in [5, 5.41) is 6.60. The fraction of sp³-hybridized carbons (Fsp3) is 0.261. The van der Waals surface area contributed by atoms with Crippen molar-refractivity contribution < 1.29 is 18.5 Å². The SMILES string of the molecule is CN1CCN(C(=O)c2ccc(CNC(=O)c3cc(-c4cccc(F)c4)no3)cc2)CC1. The lowest BCUT2D eigenvalue weighted by atomic mass is 10.1. The molecule has 1 saturated heterocycles. The fourth-order valence-corrected chi connectivity index (χ4v) is 3.39. The van der Waals surface area contributed by atoms with Crippen LogP contribution in [0.15, 0.2) is 59.1 Å². The molecule has 2 amide bonds. The van der Waals surface area contributed by atoms with Gasteiger partial charge in [0.1, 0.15) is 11.5 Å². The summed E-state index contributed by atoms with van der Waals surface area (Å²) in [5.41, 5.74) is 2.41.